The van der Waals surface area contributed by atoms with Gasteiger partial charge in [0, 0.05) is 23.9 Å². The number of anilines is 1. The number of nitrogens with zero attached hydrogens (tertiary/aromatic N) is 1. The summed E-state index contributed by atoms with van der Waals surface area (Å²) < 4.78 is 7.29. The first kappa shape index (κ1) is 7.50. The number of hydrogen-bond acceptors (Lipinski definition) is 2. The summed E-state index contributed by atoms with van der Waals surface area (Å²) in [6.45, 7) is 0. The van der Waals surface area contributed by atoms with E-state index in [1.165, 1.54) is 0 Å². The monoisotopic (exact) mass is 186 g/mol. The van der Waals surface area contributed by atoms with E-state index in [9.17, 15) is 0 Å². The maximum absolute atomic E-state index is 5.82. The molecule has 1 aromatic carbocycles. The topological polar surface area (TPSA) is 44.1 Å². The smallest absolute Gasteiger partial charge is 0.135 e. The molecule has 3 aromatic rings. The van der Waals surface area contributed by atoms with Crippen LogP contribution in [-0.2, 0) is 7.05 Å². The first-order chi connectivity index (χ1) is 6.75. The highest BCUT2D eigenvalue weighted by Crippen LogP contribution is 2.26. The number of aromatic nitrogens is 1. The van der Waals surface area contributed by atoms with Crippen LogP contribution in [-0.4, -0.2) is 4.57 Å². The molecule has 0 aliphatic rings. The molecule has 0 spiro atoms. The highest BCUT2D eigenvalue weighted by atomic mass is 16.3. The van der Waals surface area contributed by atoms with Gasteiger partial charge < -0.3 is 14.7 Å². The minimum atomic E-state index is 0.771. The highest BCUT2D eigenvalue weighted by molar-refractivity contribution is 5.96. The lowest BCUT2D eigenvalue weighted by atomic mass is 10.2. The van der Waals surface area contributed by atoms with Gasteiger partial charge in [0.05, 0.1) is 11.8 Å². The highest BCUT2D eigenvalue weighted by Gasteiger charge is 2.05. The normalized spacial score (nSPS) is 11.5. The summed E-state index contributed by atoms with van der Waals surface area (Å²) in [6, 6.07) is 8.03. The van der Waals surface area contributed by atoms with Crippen molar-refractivity contribution in [3.05, 3.63) is 30.5 Å². The number of nitrogens with two attached hydrogens (primary N) is 1. The fourth-order valence-electron chi connectivity index (χ4n) is 1.82. The van der Waals surface area contributed by atoms with Crippen molar-refractivity contribution in [2.45, 2.75) is 0 Å². The lowest BCUT2D eigenvalue weighted by molar-refractivity contribution is 0.616. The molecule has 0 radical (unpaired) electrons. The number of fused-ring (bicyclic) bond motifs is 2. The molecule has 2 aromatic heterocycles. The fourth-order valence-corrected chi connectivity index (χ4v) is 1.82. The Bertz CT molecular complexity index is 619. The standard InChI is InChI=1S/C11H10N2O/c1-13-9-6-10-7(2-3-14-10)4-8(9)5-11(13)12/h2-6H,12H2,1H3. The summed E-state index contributed by atoms with van der Waals surface area (Å²) in [5.41, 5.74) is 7.82. The van der Waals surface area contributed by atoms with Crippen molar-refractivity contribution in [2.24, 2.45) is 7.05 Å². The second-order valence-electron chi connectivity index (χ2n) is 3.50. The van der Waals surface area contributed by atoms with E-state index >= 15 is 0 Å². The summed E-state index contributed by atoms with van der Waals surface area (Å²) >= 11 is 0. The van der Waals surface area contributed by atoms with E-state index in [0.29, 0.717) is 0 Å². The molecule has 0 aliphatic carbocycles. The van der Waals surface area contributed by atoms with Crippen molar-refractivity contribution < 1.29 is 4.42 Å². The zero-order chi connectivity index (χ0) is 9.71. The van der Waals surface area contributed by atoms with Crippen LogP contribution in [0, 0.1) is 0 Å². The molecule has 2 N–H and O–H groups in total. The number of benzene rings is 1. The van der Waals surface area contributed by atoms with Crippen molar-refractivity contribution >= 4 is 27.7 Å². The van der Waals surface area contributed by atoms with E-state index in [-0.39, 0.29) is 0 Å². The quantitative estimate of drug-likeness (QED) is 0.586. The van der Waals surface area contributed by atoms with Gasteiger partial charge in [-0.05, 0) is 18.2 Å². The molecule has 0 unspecified atom stereocenters. The Labute approximate surface area is 80.7 Å². The van der Waals surface area contributed by atoms with E-state index in [0.717, 1.165) is 27.7 Å². The Morgan fingerprint density at radius 2 is 2.07 bits per heavy atom. The Balaban J connectivity index is 2.56. The van der Waals surface area contributed by atoms with Crippen LogP contribution >= 0.6 is 0 Å². The predicted molar refractivity (Wildman–Crippen MR) is 57.1 cm³/mol. The number of aryl methyl sites for hydroxylation is 1. The average molecular weight is 186 g/mol. The number of nitrogen functional groups attached to an aromatic ring is 1. The van der Waals surface area contributed by atoms with Crippen LogP contribution in [0.2, 0.25) is 0 Å². The molecule has 0 bridgehead atoms. The summed E-state index contributed by atoms with van der Waals surface area (Å²) in [6.07, 6.45) is 1.70. The van der Waals surface area contributed by atoms with E-state index in [4.69, 9.17) is 10.2 Å². The van der Waals surface area contributed by atoms with Crippen LogP contribution in [0.1, 0.15) is 0 Å². The number of furan rings is 1. The molecule has 0 saturated carbocycles. The van der Waals surface area contributed by atoms with Crippen LogP contribution in [0.3, 0.4) is 0 Å². The van der Waals surface area contributed by atoms with Crippen molar-refractivity contribution in [3.8, 4) is 0 Å². The van der Waals surface area contributed by atoms with Crippen molar-refractivity contribution in [3.63, 3.8) is 0 Å². The lowest BCUT2D eigenvalue weighted by Crippen LogP contribution is -1.94. The van der Waals surface area contributed by atoms with Crippen LogP contribution in [0.25, 0.3) is 21.9 Å². The Morgan fingerprint density at radius 1 is 1.21 bits per heavy atom. The van der Waals surface area contributed by atoms with Crippen LogP contribution in [0.5, 0.6) is 0 Å². The molecule has 3 rings (SSSR count). The molecule has 0 fully saturated rings. The van der Waals surface area contributed by atoms with Gasteiger partial charge in [0.15, 0.2) is 0 Å². The van der Waals surface area contributed by atoms with Gasteiger partial charge in [-0.3, -0.25) is 0 Å². The predicted octanol–water partition coefficient (Wildman–Crippen LogP) is 2.51. The van der Waals surface area contributed by atoms with Gasteiger partial charge in [0.25, 0.3) is 0 Å². The molecule has 0 aliphatic heterocycles. The number of hydrogen-bond donors (Lipinski definition) is 1. The van der Waals surface area contributed by atoms with Gasteiger partial charge in [0.2, 0.25) is 0 Å². The first-order valence-corrected chi connectivity index (χ1v) is 4.48. The van der Waals surface area contributed by atoms with Gasteiger partial charge in [-0.1, -0.05) is 0 Å². The Morgan fingerprint density at radius 3 is 2.93 bits per heavy atom. The Kier molecular flexibility index (Phi) is 1.24. The van der Waals surface area contributed by atoms with E-state index < -0.39 is 0 Å². The molecule has 3 nitrogen and oxygen atoms in total. The summed E-state index contributed by atoms with van der Waals surface area (Å²) in [4.78, 5) is 0. The second-order valence-corrected chi connectivity index (χ2v) is 3.50. The minimum absolute atomic E-state index is 0.771. The largest absolute Gasteiger partial charge is 0.464 e. The molecule has 3 heteroatoms. The SMILES string of the molecule is Cn1c(N)cc2cc3ccoc3cc21. The number of rotatable bonds is 0. The van der Waals surface area contributed by atoms with E-state index in [2.05, 4.69) is 6.07 Å². The third kappa shape index (κ3) is 0.812. The molecule has 0 amide bonds. The molecule has 70 valence electrons. The summed E-state index contributed by atoms with van der Waals surface area (Å²) in [7, 11) is 1.95. The van der Waals surface area contributed by atoms with Crippen molar-refractivity contribution in [2.75, 3.05) is 5.73 Å². The summed E-state index contributed by atoms with van der Waals surface area (Å²) in [5, 5.41) is 2.27. The maximum atomic E-state index is 5.82. The second kappa shape index (κ2) is 2.32. The molecule has 14 heavy (non-hydrogen) atoms. The van der Waals surface area contributed by atoms with Crippen LogP contribution in [0.15, 0.2) is 34.9 Å². The van der Waals surface area contributed by atoms with Gasteiger partial charge in [-0.2, -0.15) is 0 Å². The van der Waals surface area contributed by atoms with Crippen LogP contribution < -0.4 is 5.73 Å². The van der Waals surface area contributed by atoms with E-state index in [1.54, 1.807) is 6.26 Å². The van der Waals surface area contributed by atoms with Crippen molar-refractivity contribution in [1.29, 1.82) is 0 Å². The molecular weight excluding hydrogens is 176 g/mol. The minimum Gasteiger partial charge on any atom is -0.464 e. The van der Waals surface area contributed by atoms with E-state index in [1.807, 2.05) is 29.8 Å². The van der Waals surface area contributed by atoms with Gasteiger partial charge in [0.1, 0.15) is 11.4 Å². The van der Waals surface area contributed by atoms with Crippen molar-refractivity contribution in [1.82, 2.24) is 4.57 Å². The van der Waals surface area contributed by atoms with Gasteiger partial charge in [-0.15, -0.1) is 0 Å². The molecular formula is C11H10N2O. The van der Waals surface area contributed by atoms with Crippen LogP contribution in [0.4, 0.5) is 5.82 Å². The maximum Gasteiger partial charge on any atom is 0.135 e. The zero-order valence-corrected chi connectivity index (χ0v) is 7.82. The molecule has 2 heterocycles. The third-order valence-electron chi connectivity index (χ3n) is 2.65. The first-order valence-electron chi connectivity index (χ1n) is 4.48. The fraction of sp³-hybridized carbons (Fsp3) is 0.0909. The zero-order valence-electron chi connectivity index (χ0n) is 7.82. The van der Waals surface area contributed by atoms with Gasteiger partial charge in [-0.25, -0.2) is 0 Å². The van der Waals surface area contributed by atoms with Gasteiger partial charge >= 0.3 is 0 Å². The lowest BCUT2D eigenvalue weighted by Gasteiger charge is -1.97. The average Bonchev–Trinajstić information content (AvgIpc) is 2.70. The Hall–Kier alpha value is -1.90. The summed E-state index contributed by atoms with van der Waals surface area (Å²) in [5.74, 6) is 0.771. The molecule has 0 saturated heterocycles. The molecule has 0 atom stereocenters. The third-order valence-corrected chi connectivity index (χ3v) is 2.65.